The number of hydrogen-bond acceptors (Lipinski definition) is 3. The second-order valence-electron chi connectivity index (χ2n) is 5.21. The molecule has 0 aliphatic rings. The summed E-state index contributed by atoms with van der Waals surface area (Å²) in [5.41, 5.74) is 1.44. The minimum atomic E-state index is -0.437. The van der Waals surface area contributed by atoms with Crippen LogP contribution in [0.3, 0.4) is 0 Å². The monoisotopic (exact) mass is 351 g/mol. The molecule has 0 atom stereocenters. The van der Waals surface area contributed by atoms with Gasteiger partial charge in [0, 0.05) is 5.69 Å². The van der Waals surface area contributed by atoms with Crippen LogP contribution in [0.2, 0.25) is 5.02 Å². The van der Waals surface area contributed by atoms with Gasteiger partial charge in [-0.15, -0.1) is 0 Å². The molecule has 0 fully saturated rings. The average molecular weight is 352 g/mol. The van der Waals surface area contributed by atoms with Gasteiger partial charge in [-0.1, -0.05) is 41.9 Å². The van der Waals surface area contributed by atoms with Crippen LogP contribution in [0, 0.1) is 0 Å². The Morgan fingerprint density at radius 3 is 2.12 bits per heavy atom. The summed E-state index contributed by atoms with van der Waals surface area (Å²) in [7, 11) is 0. The molecular formula is C20H14ClNO3. The molecule has 1 N–H and O–H groups in total. The molecule has 0 radical (unpaired) electrons. The van der Waals surface area contributed by atoms with E-state index in [0.717, 1.165) is 0 Å². The number of anilines is 1. The number of esters is 1. The highest BCUT2D eigenvalue weighted by atomic mass is 35.5. The van der Waals surface area contributed by atoms with Crippen molar-refractivity contribution in [3.8, 4) is 5.75 Å². The molecule has 0 aromatic heterocycles. The number of halogens is 1. The molecule has 0 aliphatic heterocycles. The molecule has 4 nitrogen and oxygen atoms in total. The summed E-state index contributed by atoms with van der Waals surface area (Å²) in [5, 5.41) is 3.13. The maximum Gasteiger partial charge on any atom is 0.343 e. The normalized spacial score (nSPS) is 10.1. The number of benzene rings is 3. The lowest BCUT2D eigenvalue weighted by atomic mass is 10.2. The molecule has 0 saturated heterocycles. The number of amides is 1. The van der Waals surface area contributed by atoms with Crippen molar-refractivity contribution < 1.29 is 14.3 Å². The molecule has 0 spiro atoms. The number of hydrogen-bond donors (Lipinski definition) is 1. The zero-order valence-corrected chi connectivity index (χ0v) is 13.9. The second-order valence-corrected chi connectivity index (χ2v) is 5.62. The van der Waals surface area contributed by atoms with Crippen molar-refractivity contribution in [2.45, 2.75) is 0 Å². The highest BCUT2D eigenvalue weighted by Gasteiger charge is 2.11. The van der Waals surface area contributed by atoms with Crippen LogP contribution in [-0.4, -0.2) is 11.9 Å². The zero-order valence-electron chi connectivity index (χ0n) is 13.1. The summed E-state index contributed by atoms with van der Waals surface area (Å²) >= 11 is 6.01. The van der Waals surface area contributed by atoms with E-state index in [2.05, 4.69) is 5.32 Å². The van der Waals surface area contributed by atoms with Gasteiger partial charge in [0.25, 0.3) is 5.91 Å². The fraction of sp³-hybridized carbons (Fsp3) is 0. The first-order valence-corrected chi connectivity index (χ1v) is 7.94. The van der Waals surface area contributed by atoms with E-state index in [1.165, 1.54) is 0 Å². The molecular weight excluding hydrogens is 338 g/mol. The van der Waals surface area contributed by atoms with Crippen molar-refractivity contribution in [2.24, 2.45) is 0 Å². The number of ether oxygens (including phenoxy) is 1. The molecule has 0 saturated carbocycles. The van der Waals surface area contributed by atoms with Crippen molar-refractivity contribution in [1.82, 2.24) is 0 Å². The fourth-order valence-corrected chi connectivity index (χ4v) is 2.41. The van der Waals surface area contributed by atoms with Crippen LogP contribution >= 0.6 is 11.6 Å². The first-order chi connectivity index (χ1) is 12.1. The summed E-state index contributed by atoms with van der Waals surface area (Å²) in [6, 6.07) is 22.1. The molecule has 25 heavy (non-hydrogen) atoms. The lowest BCUT2D eigenvalue weighted by molar-refractivity contribution is 0.0734. The molecule has 0 heterocycles. The van der Waals surface area contributed by atoms with Gasteiger partial charge in [-0.05, 0) is 48.5 Å². The Hall–Kier alpha value is -3.11. The van der Waals surface area contributed by atoms with Crippen LogP contribution in [0.1, 0.15) is 20.7 Å². The molecule has 5 heteroatoms. The van der Waals surface area contributed by atoms with Gasteiger partial charge >= 0.3 is 5.97 Å². The van der Waals surface area contributed by atoms with E-state index in [9.17, 15) is 9.59 Å². The van der Waals surface area contributed by atoms with Crippen LogP contribution in [0.4, 0.5) is 5.69 Å². The predicted molar refractivity (Wildman–Crippen MR) is 97.2 cm³/mol. The van der Waals surface area contributed by atoms with Crippen molar-refractivity contribution in [2.75, 3.05) is 5.32 Å². The summed E-state index contributed by atoms with van der Waals surface area (Å²) in [6.07, 6.45) is 0. The molecule has 3 aromatic carbocycles. The van der Waals surface area contributed by atoms with Gasteiger partial charge in [-0.25, -0.2) is 4.79 Å². The minimum Gasteiger partial charge on any atom is -0.423 e. The van der Waals surface area contributed by atoms with Crippen LogP contribution in [0.5, 0.6) is 5.75 Å². The SMILES string of the molecule is O=C(Oc1ccc(NC(=O)c2ccccc2Cl)cc1)c1ccccc1. The van der Waals surface area contributed by atoms with E-state index < -0.39 is 5.97 Å². The molecule has 0 aliphatic carbocycles. The predicted octanol–water partition coefficient (Wildman–Crippen LogP) is 4.81. The average Bonchev–Trinajstić information content (AvgIpc) is 2.64. The Morgan fingerprint density at radius 1 is 0.800 bits per heavy atom. The Bertz CT molecular complexity index is 892. The number of carbonyl (C=O) groups excluding carboxylic acids is 2. The van der Waals surface area contributed by atoms with Crippen LogP contribution in [0.15, 0.2) is 78.9 Å². The lowest BCUT2D eigenvalue weighted by Gasteiger charge is -2.08. The number of rotatable bonds is 4. The largest absolute Gasteiger partial charge is 0.423 e. The molecule has 0 bridgehead atoms. The van der Waals surface area contributed by atoms with Gasteiger partial charge in [0.15, 0.2) is 0 Å². The Kier molecular flexibility index (Phi) is 5.11. The number of nitrogens with one attached hydrogen (secondary N) is 1. The zero-order chi connectivity index (χ0) is 17.6. The Labute approximate surface area is 150 Å². The van der Waals surface area contributed by atoms with Gasteiger partial charge in [0.2, 0.25) is 0 Å². The van der Waals surface area contributed by atoms with E-state index >= 15 is 0 Å². The topological polar surface area (TPSA) is 55.4 Å². The number of carbonyl (C=O) groups is 2. The Balaban J connectivity index is 1.65. The molecule has 124 valence electrons. The van der Waals surface area contributed by atoms with Crippen molar-refractivity contribution >= 4 is 29.2 Å². The van der Waals surface area contributed by atoms with Crippen molar-refractivity contribution in [3.63, 3.8) is 0 Å². The van der Waals surface area contributed by atoms with Crippen LogP contribution in [0.25, 0.3) is 0 Å². The molecule has 3 rings (SSSR count). The maximum absolute atomic E-state index is 12.2. The highest BCUT2D eigenvalue weighted by Crippen LogP contribution is 2.20. The van der Waals surface area contributed by atoms with Gasteiger partial charge in [-0.2, -0.15) is 0 Å². The van der Waals surface area contributed by atoms with Crippen molar-refractivity contribution in [1.29, 1.82) is 0 Å². The smallest absolute Gasteiger partial charge is 0.343 e. The van der Waals surface area contributed by atoms with Crippen molar-refractivity contribution in [3.05, 3.63) is 95.0 Å². The summed E-state index contributed by atoms with van der Waals surface area (Å²) in [6.45, 7) is 0. The van der Waals surface area contributed by atoms with Crippen LogP contribution in [-0.2, 0) is 0 Å². The lowest BCUT2D eigenvalue weighted by Crippen LogP contribution is -2.12. The van der Waals surface area contributed by atoms with E-state index in [0.29, 0.717) is 27.6 Å². The first kappa shape index (κ1) is 16.7. The van der Waals surface area contributed by atoms with Crippen LogP contribution < -0.4 is 10.1 Å². The van der Waals surface area contributed by atoms with E-state index in [4.69, 9.17) is 16.3 Å². The van der Waals surface area contributed by atoms with E-state index in [1.807, 2.05) is 6.07 Å². The summed E-state index contributed by atoms with van der Waals surface area (Å²) in [5.74, 6) is -0.349. The first-order valence-electron chi connectivity index (χ1n) is 7.56. The quantitative estimate of drug-likeness (QED) is 0.542. The highest BCUT2D eigenvalue weighted by molar-refractivity contribution is 6.34. The third-order valence-corrected chi connectivity index (χ3v) is 3.78. The maximum atomic E-state index is 12.2. The fourth-order valence-electron chi connectivity index (χ4n) is 2.19. The molecule has 1 amide bonds. The third kappa shape index (κ3) is 4.25. The van der Waals surface area contributed by atoms with Gasteiger partial charge in [-0.3, -0.25) is 4.79 Å². The third-order valence-electron chi connectivity index (χ3n) is 3.45. The van der Waals surface area contributed by atoms with Gasteiger partial charge in [0.05, 0.1) is 16.1 Å². The molecule has 0 unspecified atom stereocenters. The van der Waals surface area contributed by atoms with Gasteiger partial charge in [0.1, 0.15) is 5.75 Å². The van der Waals surface area contributed by atoms with Gasteiger partial charge < -0.3 is 10.1 Å². The summed E-state index contributed by atoms with van der Waals surface area (Å²) < 4.78 is 5.29. The Morgan fingerprint density at radius 2 is 1.44 bits per heavy atom. The summed E-state index contributed by atoms with van der Waals surface area (Å²) in [4.78, 5) is 24.2. The van der Waals surface area contributed by atoms with E-state index in [-0.39, 0.29) is 5.91 Å². The standard InChI is InChI=1S/C20H14ClNO3/c21-18-9-5-4-8-17(18)19(23)22-15-10-12-16(13-11-15)25-20(24)14-6-2-1-3-7-14/h1-13H,(H,22,23). The van der Waals surface area contributed by atoms with E-state index in [1.54, 1.807) is 72.8 Å². The second kappa shape index (κ2) is 7.64. The minimum absolute atomic E-state index is 0.306. The molecule has 3 aromatic rings.